The van der Waals surface area contributed by atoms with Gasteiger partial charge in [0.25, 0.3) is 0 Å². The third-order valence-corrected chi connectivity index (χ3v) is 4.25. The number of aromatic carboxylic acids is 2. The van der Waals surface area contributed by atoms with Gasteiger partial charge < -0.3 is 19.8 Å². The molecule has 0 aliphatic rings. The summed E-state index contributed by atoms with van der Waals surface area (Å²) in [6, 6.07) is 13.4. The van der Waals surface area contributed by atoms with Crippen LogP contribution in [-0.4, -0.2) is 21.9 Å². The summed E-state index contributed by atoms with van der Waals surface area (Å²) in [5.74, 6) is -2.84. The number of rotatable bonds is 3. The molecule has 0 saturated carbocycles. The molecule has 0 spiro atoms. The number of carboxylic acids is 2. The molecule has 2 aromatic carbocycles. The fourth-order valence-corrected chi connectivity index (χ4v) is 3.13. The monoisotopic (exact) mass is 405 g/mol. The minimum Gasteiger partial charge on any atom is -0.545 e. The summed E-state index contributed by atoms with van der Waals surface area (Å²) in [6.07, 6.45) is 2.65. The number of carbonyl (C=O) groups excluding carboxylic acids is 2. The molecule has 6 nitrogen and oxygen atoms in total. The van der Waals surface area contributed by atoms with Gasteiger partial charge in [-0.3, -0.25) is 9.97 Å². The molecule has 2 heterocycles. The van der Waals surface area contributed by atoms with Crippen LogP contribution in [0.2, 0.25) is 0 Å². The van der Waals surface area contributed by atoms with E-state index in [4.69, 9.17) is 0 Å². The van der Waals surface area contributed by atoms with Crippen LogP contribution in [0.3, 0.4) is 0 Å². The third kappa shape index (κ3) is 3.03. The smallest absolute Gasteiger partial charge is 0.545 e. The van der Waals surface area contributed by atoms with Crippen LogP contribution < -0.4 is 10.2 Å². The molecule has 27 heavy (non-hydrogen) atoms. The Hall–Kier alpha value is -3.28. The van der Waals surface area contributed by atoms with Crippen molar-refractivity contribution in [3.05, 3.63) is 72.1 Å². The Morgan fingerprint density at radius 3 is 1.41 bits per heavy atom. The Kier molecular flexibility index (Phi) is 4.90. The molecule has 0 bridgehead atoms. The minimum absolute atomic E-state index is 0. The standard InChI is InChI=1S/C20H12N2O4.Cu/c23-19(24)17-11-5-1-3-7-15(11)21-9-13(17)14-10-22-16-8-4-2-6-12(16)18(14)20(25)26;/h1-10H,(H,23,24)(H,25,26);/q;+2/p-2. The van der Waals surface area contributed by atoms with Gasteiger partial charge in [-0.15, -0.1) is 0 Å². The second kappa shape index (κ2) is 7.15. The average molecular weight is 406 g/mol. The van der Waals surface area contributed by atoms with Crippen LogP contribution in [-0.2, 0) is 17.1 Å². The zero-order chi connectivity index (χ0) is 18.3. The number of nitrogens with zero attached hydrogens (tertiary/aromatic N) is 2. The van der Waals surface area contributed by atoms with E-state index in [0.717, 1.165) is 0 Å². The van der Waals surface area contributed by atoms with E-state index in [0.29, 0.717) is 21.8 Å². The van der Waals surface area contributed by atoms with Gasteiger partial charge in [-0.25, -0.2) is 0 Å². The van der Waals surface area contributed by atoms with Crippen molar-refractivity contribution in [1.29, 1.82) is 0 Å². The van der Waals surface area contributed by atoms with Crippen LogP contribution in [0.5, 0.6) is 0 Å². The maximum atomic E-state index is 11.8. The van der Waals surface area contributed by atoms with Crippen molar-refractivity contribution in [2.24, 2.45) is 0 Å². The van der Waals surface area contributed by atoms with Crippen molar-refractivity contribution in [2.75, 3.05) is 0 Å². The van der Waals surface area contributed by atoms with Crippen LogP contribution in [0.1, 0.15) is 20.7 Å². The number of carbonyl (C=O) groups is 2. The van der Waals surface area contributed by atoms with Gasteiger partial charge in [0.05, 0.1) is 23.0 Å². The third-order valence-electron chi connectivity index (χ3n) is 4.25. The van der Waals surface area contributed by atoms with Crippen molar-refractivity contribution < 1.29 is 36.9 Å². The van der Waals surface area contributed by atoms with Gasteiger partial charge in [0.1, 0.15) is 0 Å². The predicted molar refractivity (Wildman–Crippen MR) is 91.1 cm³/mol. The summed E-state index contributed by atoms with van der Waals surface area (Å²) in [5, 5.41) is 24.4. The topological polar surface area (TPSA) is 106 Å². The van der Waals surface area contributed by atoms with Crippen LogP contribution in [0.15, 0.2) is 60.9 Å². The molecular formula is C20H10CuN2O4. The molecule has 0 fully saturated rings. The van der Waals surface area contributed by atoms with Gasteiger partial charge >= 0.3 is 17.1 Å². The maximum Gasteiger partial charge on any atom is 2.00 e. The Bertz CT molecular complexity index is 1110. The number of aromatic nitrogens is 2. The summed E-state index contributed by atoms with van der Waals surface area (Å²) in [4.78, 5) is 32.2. The minimum atomic E-state index is -1.42. The average Bonchev–Trinajstić information content (AvgIpc) is 2.65. The number of carboxylic acid groups (broad SMARTS) is 2. The molecule has 7 heteroatoms. The van der Waals surface area contributed by atoms with E-state index in [1.807, 2.05) is 0 Å². The van der Waals surface area contributed by atoms with E-state index in [1.54, 1.807) is 48.5 Å². The first kappa shape index (κ1) is 18.5. The fraction of sp³-hybridized carbons (Fsp3) is 0. The van der Waals surface area contributed by atoms with Gasteiger partial charge in [-0.2, -0.15) is 0 Å². The first-order valence-electron chi connectivity index (χ1n) is 7.76. The number of hydrogen-bond donors (Lipinski definition) is 0. The molecule has 4 rings (SSSR count). The molecular weight excluding hydrogens is 396 g/mol. The summed E-state index contributed by atoms with van der Waals surface area (Å²) in [7, 11) is 0. The second-order valence-corrected chi connectivity index (χ2v) is 5.70. The SMILES string of the molecule is O=C([O-])c1c(-c2cnc3ccccc3c2C(=O)[O-])cnc2ccccc12.[Cu+2]. The Labute approximate surface area is 164 Å². The molecule has 0 atom stereocenters. The first-order chi connectivity index (χ1) is 12.6. The normalized spacial score (nSPS) is 10.5. The molecule has 0 aliphatic heterocycles. The molecule has 1 radical (unpaired) electrons. The molecule has 135 valence electrons. The summed E-state index contributed by atoms with van der Waals surface area (Å²) >= 11 is 0. The van der Waals surface area contributed by atoms with Crippen molar-refractivity contribution in [2.45, 2.75) is 0 Å². The molecule has 0 saturated heterocycles. The number of pyridine rings is 2. The van der Waals surface area contributed by atoms with E-state index in [9.17, 15) is 19.8 Å². The van der Waals surface area contributed by atoms with Crippen LogP contribution in [0.25, 0.3) is 32.9 Å². The number of hydrogen-bond acceptors (Lipinski definition) is 6. The zero-order valence-corrected chi connectivity index (χ0v) is 14.5. The van der Waals surface area contributed by atoms with E-state index >= 15 is 0 Å². The van der Waals surface area contributed by atoms with E-state index in [-0.39, 0.29) is 39.3 Å². The number of fused-ring (bicyclic) bond motifs is 2. The van der Waals surface area contributed by atoms with E-state index < -0.39 is 11.9 Å². The Morgan fingerprint density at radius 1 is 0.667 bits per heavy atom. The van der Waals surface area contributed by atoms with Crippen molar-refractivity contribution >= 4 is 33.7 Å². The summed E-state index contributed by atoms with van der Waals surface area (Å²) < 4.78 is 0. The fourth-order valence-electron chi connectivity index (χ4n) is 3.13. The van der Waals surface area contributed by atoms with Crippen molar-refractivity contribution in [3.63, 3.8) is 0 Å². The summed E-state index contributed by atoms with van der Waals surface area (Å²) in [6.45, 7) is 0. The van der Waals surface area contributed by atoms with Gasteiger partial charge in [0, 0.05) is 45.4 Å². The molecule has 0 aliphatic carbocycles. The quantitative estimate of drug-likeness (QED) is 0.474. The zero-order valence-electron chi connectivity index (χ0n) is 13.6. The molecule has 0 amide bonds. The second-order valence-electron chi connectivity index (χ2n) is 5.70. The van der Waals surface area contributed by atoms with Crippen molar-refractivity contribution in [1.82, 2.24) is 9.97 Å². The van der Waals surface area contributed by atoms with Crippen LogP contribution in [0, 0.1) is 0 Å². The molecule has 4 aromatic rings. The van der Waals surface area contributed by atoms with Crippen LogP contribution >= 0.6 is 0 Å². The van der Waals surface area contributed by atoms with Crippen LogP contribution in [0.4, 0.5) is 0 Å². The number of benzene rings is 2. The van der Waals surface area contributed by atoms with E-state index in [2.05, 4.69) is 9.97 Å². The first-order valence-corrected chi connectivity index (χ1v) is 7.76. The Morgan fingerprint density at radius 2 is 1.04 bits per heavy atom. The largest absolute Gasteiger partial charge is 2.00 e. The molecule has 2 aromatic heterocycles. The van der Waals surface area contributed by atoms with Crippen molar-refractivity contribution in [3.8, 4) is 11.1 Å². The molecule has 0 N–H and O–H groups in total. The van der Waals surface area contributed by atoms with Gasteiger partial charge in [-0.1, -0.05) is 36.4 Å². The predicted octanol–water partition coefficient (Wildman–Crippen LogP) is 1.17. The summed E-state index contributed by atoms with van der Waals surface area (Å²) in [5.41, 5.74) is 0.936. The van der Waals surface area contributed by atoms with Gasteiger partial charge in [-0.05, 0) is 12.1 Å². The maximum absolute atomic E-state index is 11.8. The van der Waals surface area contributed by atoms with Gasteiger partial charge in [0.2, 0.25) is 0 Å². The Balaban J connectivity index is 0.00000210. The van der Waals surface area contributed by atoms with E-state index in [1.165, 1.54) is 12.4 Å². The number of para-hydroxylation sites is 2. The van der Waals surface area contributed by atoms with Gasteiger partial charge in [0.15, 0.2) is 0 Å². The molecule has 0 unspecified atom stereocenters.